The number of ether oxygens (including phenoxy) is 1. The van der Waals surface area contributed by atoms with Gasteiger partial charge in [0.1, 0.15) is 5.01 Å². The Bertz CT molecular complexity index is 1170. The number of thiazole rings is 1. The Morgan fingerprint density at radius 2 is 1.90 bits per heavy atom. The van der Waals surface area contributed by atoms with Crippen LogP contribution in [0.3, 0.4) is 0 Å². The number of benzene rings is 2. The Morgan fingerprint density at radius 1 is 1.16 bits per heavy atom. The summed E-state index contributed by atoms with van der Waals surface area (Å²) in [4.78, 5) is 43.0. The number of halogens is 1. The van der Waals surface area contributed by atoms with E-state index in [0.717, 1.165) is 16.8 Å². The first-order valence-electron chi connectivity index (χ1n) is 9.71. The van der Waals surface area contributed by atoms with Crippen molar-refractivity contribution in [3.63, 3.8) is 0 Å². The Hall–Kier alpha value is -3.03. The number of fused-ring (bicyclic) bond motifs is 1. The first-order valence-corrected chi connectivity index (χ1v) is 11.0. The quantitative estimate of drug-likeness (QED) is 0.408. The molecule has 1 atom stereocenters. The summed E-state index contributed by atoms with van der Waals surface area (Å²) < 4.78 is 5.37. The Kier molecular flexibility index (Phi) is 5.89. The van der Waals surface area contributed by atoms with Gasteiger partial charge in [-0.2, -0.15) is 0 Å². The van der Waals surface area contributed by atoms with Crippen LogP contribution in [-0.4, -0.2) is 35.3 Å². The lowest BCUT2D eigenvalue weighted by atomic mass is 10.0. The van der Waals surface area contributed by atoms with Gasteiger partial charge in [-0.05, 0) is 49.2 Å². The predicted molar refractivity (Wildman–Crippen MR) is 120 cm³/mol. The number of nitrogens with zero attached hydrogens (tertiary/aromatic N) is 2. The number of amides is 1. The SMILES string of the molecule is CC(=O)N1CCc2cc(C(=O)C(C)OC(=O)c3csc(-c4ccc(Cl)cc4)n3)ccc21. The summed E-state index contributed by atoms with van der Waals surface area (Å²) in [5.74, 6) is -0.979. The van der Waals surface area contributed by atoms with E-state index in [1.165, 1.54) is 18.3 Å². The van der Waals surface area contributed by atoms with Crippen molar-refractivity contribution in [1.29, 1.82) is 0 Å². The van der Waals surface area contributed by atoms with E-state index in [2.05, 4.69) is 4.98 Å². The molecule has 3 aromatic rings. The van der Waals surface area contributed by atoms with Crippen molar-refractivity contribution < 1.29 is 19.1 Å². The van der Waals surface area contributed by atoms with Crippen LogP contribution in [0.1, 0.15) is 40.3 Å². The molecule has 31 heavy (non-hydrogen) atoms. The lowest BCUT2D eigenvalue weighted by Gasteiger charge is -2.15. The number of hydrogen-bond donors (Lipinski definition) is 0. The summed E-state index contributed by atoms with van der Waals surface area (Å²) in [7, 11) is 0. The zero-order chi connectivity index (χ0) is 22.1. The summed E-state index contributed by atoms with van der Waals surface area (Å²) in [6, 6.07) is 12.4. The molecule has 0 aliphatic carbocycles. The summed E-state index contributed by atoms with van der Waals surface area (Å²) >= 11 is 7.22. The van der Waals surface area contributed by atoms with Crippen LogP contribution in [-0.2, 0) is 16.0 Å². The van der Waals surface area contributed by atoms with Crippen molar-refractivity contribution in [3.8, 4) is 10.6 Å². The number of ketones is 1. The molecule has 2 heterocycles. The average molecular weight is 455 g/mol. The van der Waals surface area contributed by atoms with Crippen molar-refractivity contribution >= 4 is 46.3 Å². The van der Waals surface area contributed by atoms with E-state index in [0.29, 0.717) is 28.6 Å². The van der Waals surface area contributed by atoms with Gasteiger partial charge < -0.3 is 9.64 Å². The minimum Gasteiger partial charge on any atom is -0.450 e. The van der Waals surface area contributed by atoms with Gasteiger partial charge in [0.15, 0.2) is 11.8 Å². The fraction of sp³-hybridized carbons (Fsp3) is 0.217. The Balaban J connectivity index is 1.44. The number of rotatable bonds is 5. The van der Waals surface area contributed by atoms with Crippen LogP contribution in [0.5, 0.6) is 0 Å². The molecule has 0 saturated heterocycles. The minimum absolute atomic E-state index is 0.0265. The molecule has 158 valence electrons. The number of aromatic nitrogens is 1. The number of Topliss-reactive ketones (excluding diaryl/α,β-unsaturated/α-hetero) is 1. The van der Waals surface area contributed by atoms with E-state index in [1.54, 1.807) is 47.5 Å². The van der Waals surface area contributed by atoms with Gasteiger partial charge in [-0.15, -0.1) is 11.3 Å². The third-order valence-corrected chi connectivity index (χ3v) is 6.24. The van der Waals surface area contributed by atoms with Gasteiger partial charge in [0.2, 0.25) is 11.7 Å². The monoisotopic (exact) mass is 454 g/mol. The number of hydrogen-bond acceptors (Lipinski definition) is 6. The van der Waals surface area contributed by atoms with E-state index in [4.69, 9.17) is 16.3 Å². The van der Waals surface area contributed by atoms with E-state index < -0.39 is 12.1 Å². The van der Waals surface area contributed by atoms with Crippen molar-refractivity contribution in [1.82, 2.24) is 4.98 Å². The van der Waals surface area contributed by atoms with Crippen molar-refractivity contribution in [2.24, 2.45) is 0 Å². The lowest BCUT2D eigenvalue weighted by molar-refractivity contribution is -0.116. The van der Waals surface area contributed by atoms with Gasteiger partial charge in [0, 0.05) is 40.7 Å². The van der Waals surface area contributed by atoms with Crippen molar-refractivity contribution in [2.75, 3.05) is 11.4 Å². The zero-order valence-electron chi connectivity index (χ0n) is 16.9. The molecule has 2 aromatic carbocycles. The molecule has 0 bridgehead atoms. The number of esters is 1. The van der Waals surface area contributed by atoms with E-state index >= 15 is 0 Å². The summed E-state index contributed by atoms with van der Waals surface area (Å²) in [6.45, 7) is 3.67. The Morgan fingerprint density at radius 3 is 2.61 bits per heavy atom. The third kappa shape index (κ3) is 4.38. The van der Waals surface area contributed by atoms with Crippen LogP contribution in [0.2, 0.25) is 5.02 Å². The van der Waals surface area contributed by atoms with Gasteiger partial charge in [-0.25, -0.2) is 9.78 Å². The summed E-state index contributed by atoms with van der Waals surface area (Å²) in [6.07, 6.45) is -0.271. The van der Waals surface area contributed by atoms with Gasteiger partial charge in [0.25, 0.3) is 0 Å². The molecule has 0 spiro atoms. The molecule has 1 aromatic heterocycles. The highest BCUT2D eigenvalue weighted by molar-refractivity contribution is 7.13. The van der Waals surface area contributed by atoms with E-state index in [-0.39, 0.29) is 17.4 Å². The molecule has 0 N–H and O–H groups in total. The normalized spacial score (nSPS) is 13.6. The van der Waals surface area contributed by atoms with Gasteiger partial charge in [-0.1, -0.05) is 23.7 Å². The topological polar surface area (TPSA) is 76.6 Å². The first kappa shape index (κ1) is 21.2. The molecular formula is C23H19ClN2O4S. The highest BCUT2D eigenvalue weighted by Gasteiger charge is 2.26. The summed E-state index contributed by atoms with van der Waals surface area (Å²) in [5, 5.41) is 2.89. The average Bonchev–Trinajstić information content (AvgIpc) is 3.40. The standard InChI is InChI=1S/C23H19ClN2O4S/c1-13(21(28)17-5-8-20-16(11-17)9-10-26(20)14(2)27)30-23(29)19-12-31-22(25-19)15-3-6-18(24)7-4-15/h3-8,11-13H,9-10H2,1-2H3. The molecule has 6 nitrogen and oxygen atoms in total. The van der Waals surface area contributed by atoms with Crippen molar-refractivity contribution in [2.45, 2.75) is 26.4 Å². The fourth-order valence-electron chi connectivity index (χ4n) is 3.48. The molecule has 0 fully saturated rings. The number of anilines is 1. The molecule has 4 rings (SSSR count). The largest absolute Gasteiger partial charge is 0.450 e. The second-order valence-electron chi connectivity index (χ2n) is 7.22. The van der Waals surface area contributed by atoms with Crippen LogP contribution in [0.15, 0.2) is 47.8 Å². The molecule has 1 unspecified atom stereocenters. The predicted octanol–water partition coefficient (Wildman–Crippen LogP) is 4.80. The fourth-order valence-corrected chi connectivity index (χ4v) is 4.41. The van der Waals surface area contributed by atoms with Crippen molar-refractivity contribution in [3.05, 3.63) is 69.7 Å². The Labute approximate surface area is 188 Å². The number of carbonyl (C=O) groups excluding carboxylic acids is 3. The van der Waals surface area contributed by atoms with Gasteiger partial charge in [0.05, 0.1) is 0 Å². The molecule has 1 aliphatic heterocycles. The van der Waals surface area contributed by atoms with Crippen LogP contribution in [0.25, 0.3) is 10.6 Å². The van der Waals surface area contributed by atoms with Crippen LogP contribution < -0.4 is 4.90 Å². The molecule has 1 amide bonds. The highest BCUT2D eigenvalue weighted by atomic mass is 35.5. The minimum atomic E-state index is -0.962. The van der Waals surface area contributed by atoms with E-state index in [9.17, 15) is 14.4 Å². The van der Waals surface area contributed by atoms with Crippen LogP contribution in [0, 0.1) is 0 Å². The zero-order valence-corrected chi connectivity index (χ0v) is 18.5. The summed E-state index contributed by atoms with van der Waals surface area (Å²) in [5.41, 5.74) is 3.21. The van der Waals surface area contributed by atoms with Gasteiger partial charge >= 0.3 is 5.97 Å². The molecule has 0 radical (unpaired) electrons. The maximum atomic E-state index is 12.8. The molecule has 0 saturated carbocycles. The molecule has 8 heteroatoms. The number of carbonyl (C=O) groups is 3. The second-order valence-corrected chi connectivity index (χ2v) is 8.52. The van der Waals surface area contributed by atoms with E-state index in [1.807, 2.05) is 12.1 Å². The highest BCUT2D eigenvalue weighted by Crippen LogP contribution is 2.30. The van der Waals surface area contributed by atoms with Gasteiger partial charge in [-0.3, -0.25) is 9.59 Å². The third-order valence-electron chi connectivity index (χ3n) is 5.10. The maximum absolute atomic E-state index is 12.8. The molecular weight excluding hydrogens is 436 g/mol. The smallest absolute Gasteiger partial charge is 0.358 e. The molecule has 1 aliphatic rings. The lowest BCUT2D eigenvalue weighted by Crippen LogP contribution is -2.26. The first-order chi connectivity index (χ1) is 14.8. The van der Waals surface area contributed by atoms with Crippen LogP contribution >= 0.6 is 22.9 Å². The van der Waals surface area contributed by atoms with Crippen LogP contribution in [0.4, 0.5) is 5.69 Å². The maximum Gasteiger partial charge on any atom is 0.358 e. The second kappa shape index (κ2) is 8.61.